The van der Waals surface area contributed by atoms with Gasteiger partial charge >= 0.3 is 17.9 Å². The smallest absolute Gasteiger partial charge is 0.306 e. The zero-order valence-corrected chi connectivity index (χ0v) is 35.5. The third-order valence-corrected chi connectivity index (χ3v) is 9.55. The molecule has 0 aliphatic rings. The number of carbonyl (C=O) groups is 3. The maximum Gasteiger partial charge on any atom is 0.306 e. The highest BCUT2D eigenvalue weighted by Gasteiger charge is 2.19. The van der Waals surface area contributed by atoms with Crippen molar-refractivity contribution < 1.29 is 28.6 Å². The molecule has 0 aliphatic carbocycles. The summed E-state index contributed by atoms with van der Waals surface area (Å²) in [6, 6.07) is 0. The molecule has 6 nitrogen and oxygen atoms in total. The van der Waals surface area contributed by atoms with Crippen LogP contribution in [-0.4, -0.2) is 37.2 Å². The molecule has 0 saturated heterocycles. The van der Waals surface area contributed by atoms with Crippen molar-refractivity contribution in [1.82, 2.24) is 0 Å². The first-order valence-corrected chi connectivity index (χ1v) is 22.6. The molecule has 0 rings (SSSR count). The predicted molar refractivity (Wildman–Crippen MR) is 229 cm³/mol. The predicted octanol–water partition coefficient (Wildman–Crippen LogP) is 14.4. The van der Waals surface area contributed by atoms with Gasteiger partial charge in [-0.25, -0.2) is 0 Å². The molecule has 0 aromatic carbocycles. The van der Waals surface area contributed by atoms with E-state index in [-0.39, 0.29) is 31.1 Å². The second-order valence-electron chi connectivity index (χ2n) is 14.9. The van der Waals surface area contributed by atoms with Crippen molar-refractivity contribution in [1.29, 1.82) is 0 Å². The maximum atomic E-state index is 12.7. The fourth-order valence-corrected chi connectivity index (χ4v) is 6.16. The summed E-state index contributed by atoms with van der Waals surface area (Å²) in [4.78, 5) is 37.7. The number of carbonyl (C=O) groups excluding carboxylic acids is 3. The van der Waals surface area contributed by atoms with Crippen molar-refractivity contribution in [2.45, 2.75) is 226 Å². The highest BCUT2D eigenvalue weighted by molar-refractivity contribution is 5.71. The number of esters is 3. The average Bonchev–Trinajstić information content (AvgIpc) is 3.17. The van der Waals surface area contributed by atoms with E-state index in [0.717, 1.165) is 96.3 Å². The van der Waals surface area contributed by atoms with E-state index in [4.69, 9.17) is 14.2 Å². The van der Waals surface area contributed by atoms with Crippen LogP contribution in [0.2, 0.25) is 0 Å². The molecule has 0 heterocycles. The van der Waals surface area contributed by atoms with Crippen LogP contribution in [0.15, 0.2) is 48.6 Å². The number of ether oxygens (including phenoxy) is 3. The fraction of sp³-hybridized carbons (Fsp3) is 0.771. The van der Waals surface area contributed by atoms with E-state index in [9.17, 15) is 14.4 Å². The van der Waals surface area contributed by atoms with Gasteiger partial charge in [0.15, 0.2) is 6.10 Å². The standard InChI is InChI=1S/C48H84O6/c1-4-7-10-13-16-19-22-24-26-29-32-35-38-41-47(50)53-44-45(43-52-46(49)40-37-34-31-28-21-18-15-12-9-6-3)54-48(51)42-39-36-33-30-27-25-23-20-17-14-11-8-5-2/h7,10,12,15-16,19,24,26,45H,4-6,8-9,11,13-14,17-18,20-23,25,27-44H2,1-3H3/b10-7-,15-12-,19-16-,26-24-. The minimum Gasteiger partial charge on any atom is -0.462 e. The van der Waals surface area contributed by atoms with Gasteiger partial charge in [0, 0.05) is 19.3 Å². The number of hydrogen-bond donors (Lipinski definition) is 0. The van der Waals surface area contributed by atoms with Crippen LogP contribution in [0.1, 0.15) is 220 Å². The lowest BCUT2D eigenvalue weighted by atomic mass is 10.0. The Morgan fingerprint density at radius 2 is 0.759 bits per heavy atom. The number of rotatable bonds is 40. The van der Waals surface area contributed by atoms with Gasteiger partial charge in [0.25, 0.3) is 0 Å². The molecule has 1 unspecified atom stereocenters. The van der Waals surface area contributed by atoms with Crippen LogP contribution in [0.4, 0.5) is 0 Å². The molecule has 0 aliphatic heterocycles. The molecule has 0 bridgehead atoms. The van der Waals surface area contributed by atoms with Gasteiger partial charge in [-0.2, -0.15) is 0 Å². The molecule has 1 atom stereocenters. The number of allylic oxidation sites excluding steroid dienone is 8. The van der Waals surface area contributed by atoms with Crippen molar-refractivity contribution in [2.24, 2.45) is 0 Å². The molecule has 0 amide bonds. The minimum absolute atomic E-state index is 0.0858. The third kappa shape index (κ3) is 40.6. The van der Waals surface area contributed by atoms with Crippen molar-refractivity contribution in [3.63, 3.8) is 0 Å². The van der Waals surface area contributed by atoms with Crippen LogP contribution in [0.5, 0.6) is 0 Å². The Hall–Kier alpha value is -2.63. The van der Waals surface area contributed by atoms with E-state index >= 15 is 0 Å². The van der Waals surface area contributed by atoms with Crippen molar-refractivity contribution in [2.75, 3.05) is 13.2 Å². The highest BCUT2D eigenvalue weighted by atomic mass is 16.6. The van der Waals surface area contributed by atoms with Crippen molar-refractivity contribution in [3.8, 4) is 0 Å². The van der Waals surface area contributed by atoms with Gasteiger partial charge in [-0.1, -0.05) is 179 Å². The topological polar surface area (TPSA) is 78.9 Å². The lowest BCUT2D eigenvalue weighted by Crippen LogP contribution is -2.30. The number of hydrogen-bond acceptors (Lipinski definition) is 6. The van der Waals surface area contributed by atoms with Gasteiger partial charge in [-0.3, -0.25) is 14.4 Å². The summed E-state index contributed by atoms with van der Waals surface area (Å²) in [5.41, 5.74) is 0. The summed E-state index contributed by atoms with van der Waals surface area (Å²) in [5.74, 6) is -0.926. The molecule has 312 valence electrons. The summed E-state index contributed by atoms with van der Waals surface area (Å²) in [5, 5.41) is 0. The second-order valence-corrected chi connectivity index (χ2v) is 14.9. The Kier molecular flexibility index (Phi) is 41.0. The molecule has 54 heavy (non-hydrogen) atoms. The first kappa shape index (κ1) is 51.4. The summed E-state index contributed by atoms with van der Waals surface area (Å²) in [6.45, 7) is 6.42. The molecule has 0 aromatic heterocycles. The van der Waals surface area contributed by atoms with E-state index in [1.165, 1.54) is 83.5 Å². The van der Waals surface area contributed by atoms with E-state index in [1.807, 2.05) is 0 Å². The Morgan fingerprint density at radius 3 is 1.24 bits per heavy atom. The monoisotopic (exact) mass is 757 g/mol. The highest BCUT2D eigenvalue weighted by Crippen LogP contribution is 2.14. The molecular formula is C48H84O6. The quantitative estimate of drug-likeness (QED) is 0.0268. The van der Waals surface area contributed by atoms with Gasteiger partial charge in [0.1, 0.15) is 13.2 Å². The lowest BCUT2D eigenvalue weighted by Gasteiger charge is -2.18. The van der Waals surface area contributed by atoms with E-state index in [0.29, 0.717) is 19.3 Å². The van der Waals surface area contributed by atoms with E-state index in [1.54, 1.807) is 0 Å². The van der Waals surface area contributed by atoms with Crippen molar-refractivity contribution in [3.05, 3.63) is 48.6 Å². The zero-order valence-electron chi connectivity index (χ0n) is 35.5. The van der Waals surface area contributed by atoms with Gasteiger partial charge in [-0.15, -0.1) is 0 Å². The minimum atomic E-state index is -0.782. The number of unbranched alkanes of at least 4 members (excludes halogenated alkanes) is 21. The average molecular weight is 757 g/mol. The molecule has 6 heteroatoms. The Labute approximate surface area is 333 Å². The summed E-state index contributed by atoms with van der Waals surface area (Å²) in [6.07, 6.45) is 49.5. The zero-order chi connectivity index (χ0) is 39.4. The van der Waals surface area contributed by atoms with Crippen molar-refractivity contribution >= 4 is 17.9 Å². The van der Waals surface area contributed by atoms with Crippen LogP contribution in [0.25, 0.3) is 0 Å². The van der Waals surface area contributed by atoms with Gasteiger partial charge in [0.2, 0.25) is 0 Å². The molecule has 0 N–H and O–H groups in total. The molecule has 0 radical (unpaired) electrons. The summed E-state index contributed by atoms with van der Waals surface area (Å²) in [7, 11) is 0. The first-order chi connectivity index (χ1) is 26.5. The lowest BCUT2D eigenvalue weighted by molar-refractivity contribution is -0.167. The molecule has 0 aromatic rings. The largest absolute Gasteiger partial charge is 0.462 e. The van der Waals surface area contributed by atoms with Crippen LogP contribution >= 0.6 is 0 Å². The molecular weight excluding hydrogens is 673 g/mol. The summed E-state index contributed by atoms with van der Waals surface area (Å²) < 4.78 is 16.7. The Bertz CT molecular complexity index is 964. The van der Waals surface area contributed by atoms with Crippen LogP contribution < -0.4 is 0 Å². The SMILES string of the molecule is CC/C=C\C/C=C\C/C=C\CCCCCC(=O)OCC(COC(=O)CCCCCCC/C=C\CCC)OC(=O)CCCCCCCCCCCCCCC. The molecule has 0 saturated carbocycles. The van der Waals surface area contributed by atoms with E-state index in [2.05, 4.69) is 69.4 Å². The van der Waals surface area contributed by atoms with Crippen LogP contribution in [0.3, 0.4) is 0 Å². The van der Waals surface area contributed by atoms with Gasteiger partial charge in [-0.05, 0) is 70.6 Å². The van der Waals surface area contributed by atoms with Gasteiger partial charge < -0.3 is 14.2 Å². The Morgan fingerprint density at radius 1 is 0.389 bits per heavy atom. The van der Waals surface area contributed by atoms with E-state index < -0.39 is 6.10 Å². The second kappa shape index (κ2) is 43.1. The first-order valence-electron chi connectivity index (χ1n) is 22.6. The normalized spacial score (nSPS) is 12.4. The Balaban J connectivity index is 4.41. The fourth-order valence-electron chi connectivity index (χ4n) is 6.16. The van der Waals surface area contributed by atoms with Crippen LogP contribution in [-0.2, 0) is 28.6 Å². The maximum absolute atomic E-state index is 12.7. The molecule has 0 fully saturated rings. The van der Waals surface area contributed by atoms with Gasteiger partial charge in [0.05, 0.1) is 0 Å². The summed E-state index contributed by atoms with van der Waals surface area (Å²) >= 11 is 0. The molecule has 0 spiro atoms. The van der Waals surface area contributed by atoms with Crippen LogP contribution in [0, 0.1) is 0 Å². The third-order valence-electron chi connectivity index (χ3n) is 9.55.